The van der Waals surface area contributed by atoms with Crippen LogP contribution in [0.3, 0.4) is 0 Å². The molecule has 0 aromatic heterocycles. The van der Waals surface area contributed by atoms with E-state index in [1.165, 1.54) is 0 Å². The van der Waals surface area contributed by atoms with Gasteiger partial charge in [0, 0.05) is 31.9 Å². The highest BCUT2D eigenvalue weighted by molar-refractivity contribution is 5.79. The smallest absolute Gasteiger partial charge is 0.235 e. The maximum atomic E-state index is 12.3. The number of benzene rings is 1. The molecule has 1 atom stereocenters. The van der Waals surface area contributed by atoms with Crippen LogP contribution in [0.25, 0.3) is 0 Å². The Labute approximate surface area is 142 Å². The van der Waals surface area contributed by atoms with Crippen molar-refractivity contribution >= 4 is 11.6 Å². The van der Waals surface area contributed by atoms with Gasteiger partial charge in [0.05, 0.1) is 12.6 Å². The van der Waals surface area contributed by atoms with Crippen LogP contribution in [0.4, 0.5) is 5.69 Å². The largest absolute Gasteiger partial charge is 0.508 e. The van der Waals surface area contributed by atoms with Gasteiger partial charge in [-0.15, -0.1) is 0 Å². The third-order valence-corrected chi connectivity index (χ3v) is 4.98. The van der Waals surface area contributed by atoms with E-state index < -0.39 is 5.54 Å². The van der Waals surface area contributed by atoms with E-state index in [4.69, 9.17) is 0 Å². The molecule has 2 aliphatic rings. The second kappa shape index (κ2) is 6.70. The Kier molecular flexibility index (Phi) is 4.63. The van der Waals surface area contributed by atoms with Gasteiger partial charge >= 0.3 is 0 Å². The highest BCUT2D eigenvalue weighted by Crippen LogP contribution is 2.39. The van der Waals surface area contributed by atoms with Gasteiger partial charge in [0.25, 0.3) is 0 Å². The summed E-state index contributed by atoms with van der Waals surface area (Å²) in [5, 5.41) is 21.6. The van der Waals surface area contributed by atoms with Crippen molar-refractivity contribution in [1.82, 2.24) is 10.2 Å². The number of phenols is 1. The highest BCUT2D eigenvalue weighted by Gasteiger charge is 2.43. The Bertz CT molecular complexity index is 627. The first-order valence-electron chi connectivity index (χ1n) is 8.49. The first-order chi connectivity index (χ1) is 11.5. The predicted octanol–water partition coefficient (Wildman–Crippen LogP) is 1.32. The molecule has 6 nitrogen and oxygen atoms in total. The van der Waals surface area contributed by atoms with Crippen LogP contribution < -0.4 is 10.2 Å². The molecule has 1 aromatic rings. The van der Waals surface area contributed by atoms with Crippen LogP contribution in [-0.2, 0) is 4.79 Å². The number of phenolic OH excluding ortho intramolecular Hbond substituents is 1. The lowest BCUT2D eigenvalue weighted by atomic mass is 9.98. The van der Waals surface area contributed by atoms with Crippen molar-refractivity contribution in [1.29, 1.82) is 5.26 Å². The first-order valence-corrected chi connectivity index (χ1v) is 8.49. The second-order valence-electron chi connectivity index (χ2n) is 6.92. The molecule has 2 N–H and O–H groups in total. The Morgan fingerprint density at radius 1 is 1.29 bits per heavy atom. The van der Waals surface area contributed by atoms with Gasteiger partial charge in [-0.25, -0.2) is 0 Å². The number of anilines is 1. The van der Waals surface area contributed by atoms with E-state index in [2.05, 4.69) is 21.2 Å². The van der Waals surface area contributed by atoms with Crippen molar-refractivity contribution in [2.75, 3.05) is 37.6 Å². The molecule has 24 heavy (non-hydrogen) atoms. The zero-order valence-corrected chi connectivity index (χ0v) is 14.0. The number of aromatic hydroxyl groups is 1. The van der Waals surface area contributed by atoms with E-state index in [1.54, 1.807) is 12.1 Å². The second-order valence-corrected chi connectivity index (χ2v) is 6.92. The van der Waals surface area contributed by atoms with E-state index in [-0.39, 0.29) is 11.7 Å². The lowest BCUT2D eigenvalue weighted by Crippen LogP contribution is -2.53. The van der Waals surface area contributed by atoms with Crippen LogP contribution in [0, 0.1) is 17.2 Å². The van der Waals surface area contributed by atoms with Gasteiger partial charge < -0.3 is 15.3 Å². The molecule has 0 unspecified atom stereocenters. The van der Waals surface area contributed by atoms with Crippen molar-refractivity contribution in [3.8, 4) is 11.8 Å². The molecule has 0 radical (unpaired) electrons. The molecule has 0 spiro atoms. The van der Waals surface area contributed by atoms with Gasteiger partial charge in [0.2, 0.25) is 5.91 Å². The third-order valence-electron chi connectivity index (χ3n) is 4.98. The topological polar surface area (TPSA) is 79.6 Å². The quantitative estimate of drug-likeness (QED) is 0.852. The number of nitriles is 1. The Morgan fingerprint density at radius 2 is 1.92 bits per heavy atom. The van der Waals surface area contributed by atoms with Crippen molar-refractivity contribution in [2.24, 2.45) is 5.92 Å². The number of piperazine rings is 1. The lowest BCUT2D eigenvalue weighted by Gasteiger charge is -2.36. The highest BCUT2D eigenvalue weighted by atomic mass is 16.3. The van der Waals surface area contributed by atoms with Gasteiger partial charge in [0.15, 0.2) is 0 Å². The number of carbonyl (C=O) groups excluding carboxylic acids is 1. The molecule has 2 fully saturated rings. The fourth-order valence-electron chi connectivity index (χ4n) is 3.24. The molecule has 1 saturated carbocycles. The van der Waals surface area contributed by atoms with Gasteiger partial charge in [-0.1, -0.05) is 0 Å². The molecule has 3 rings (SSSR count). The van der Waals surface area contributed by atoms with Crippen LogP contribution in [0.15, 0.2) is 24.3 Å². The summed E-state index contributed by atoms with van der Waals surface area (Å²) in [6.07, 6.45) is 2.05. The van der Waals surface area contributed by atoms with Crippen LogP contribution in [-0.4, -0.2) is 54.2 Å². The van der Waals surface area contributed by atoms with E-state index in [0.29, 0.717) is 12.5 Å². The average Bonchev–Trinajstić information content (AvgIpc) is 3.41. The molecule has 1 aromatic carbocycles. The number of hydrogen-bond acceptors (Lipinski definition) is 5. The number of carbonyl (C=O) groups is 1. The summed E-state index contributed by atoms with van der Waals surface area (Å²) < 4.78 is 0. The Balaban J connectivity index is 1.47. The molecular formula is C18H24N4O2. The number of nitrogens with one attached hydrogen (secondary N) is 1. The molecular weight excluding hydrogens is 304 g/mol. The number of nitrogens with zero attached hydrogens (tertiary/aromatic N) is 3. The fraction of sp³-hybridized carbons (Fsp3) is 0.556. The van der Waals surface area contributed by atoms with E-state index in [1.807, 2.05) is 19.1 Å². The summed E-state index contributed by atoms with van der Waals surface area (Å²) in [5.74, 6) is 0.507. The lowest BCUT2D eigenvalue weighted by molar-refractivity contribution is -0.123. The molecule has 1 aliphatic heterocycles. The number of rotatable bonds is 5. The molecule has 1 aliphatic carbocycles. The molecule has 1 saturated heterocycles. The zero-order chi connectivity index (χ0) is 17.2. The SMILES string of the molecule is C[C@](C#N)(NC(=O)CN1CCN(c2ccc(O)cc2)CC1)C1CC1. The van der Waals surface area contributed by atoms with Crippen molar-refractivity contribution in [3.63, 3.8) is 0 Å². The minimum Gasteiger partial charge on any atom is -0.508 e. The molecule has 1 amide bonds. The average molecular weight is 328 g/mol. The summed E-state index contributed by atoms with van der Waals surface area (Å²) in [6.45, 7) is 5.47. The minimum absolute atomic E-state index is 0.0657. The number of amides is 1. The van der Waals surface area contributed by atoms with E-state index in [0.717, 1.165) is 44.7 Å². The van der Waals surface area contributed by atoms with Gasteiger partial charge in [0.1, 0.15) is 11.3 Å². The molecule has 1 heterocycles. The fourth-order valence-corrected chi connectivity index (χ4v) is 3.24. The maximum absolute atomic E-state index is 12.3. The van der Waals surface area contributed by atoms with Crippen LogP contribution in [0.1, 0.15) is 19.8 Å². The zero-order valence-electron chi connectivity index (χ0n) is 14.0. The summed E-state index contributed by atoms with van der Waals surface area (Å²) in [5.41, 5.74) is 0.369. The normalized spacial score (nSPS) is 20.9. The minimum atomic E-state index is -0.717. The van der Waals surface area contributed by atoms with Gasteiger partial charge in [-0.3, -0.25) is 9.69 Å². The van der Waals surface area contributed by atoms with Gasteiger partial charge in [-0.2, -0.15) is 5.26 Å². The Morgan fingerprint density at radius 3 is 2.46 bits per heavy atom. The first kappa shape index (κ1) is 16.6. The van der Waals surface area contributed by atoms with Crippen molar-refractivity contribution in [3.05, 3.63) is 24.3 Å². The maximum Gasteiger partial charge on any atom is 0.235 e. The standard InChI is InChI=1S/C18H24N4O2/c1-18(13-19,14-2-3-14)20-17(24)12-21-8-10-22(11-9-21)15-4-6-16(23)7-5-15/h4-7,14,23H,2-3,8-12H2,1H3,(H,20,24)/t18-/m1/s1. The van der Waals surface area contributed by atoms with Crippen LogP contribution >= 0.6 is 0 Å². The number of hydrogen-bond donors (Lipinski definition) is 2. The van der Waals surface area contributed by atoms with E-state index >= 15 is 0 Å². The monoisotopic (exact) mass is 328 g/mol. The molecule has 128 valence electrons. The van der Waals surface area contributed by atoms with Crippen molar-refractivity contribution < 1.29 is 9.90 Å². The van der Waals surface area contributed by atoms with Gasteiger partial charge in [-0.05, 0) is 49.9 Å². The Hall–Kier alpha value is -2.26. The van der Waals surface area contributed by atoms with Crippen LogP contribution in [0.5, 0.6) is 5.75 Å². The molecule has 6 heteroatoms. The summed E-state index contributed by atoms with van der Waals surface area (Å²) in [7, 11) is 0. The predicted molar refractivity (Wildman–Crippen MR) is 91.6 cm³/mol. The summed E-state index contributed by atoms with van der Waals surface area (Å²) >= 11 is 0. The molecule has 0 bridgehead atoms. The summed E-state index contributed by atoms with van der Waals surface area (Å²) in [6, 6.07) is 9.46. The van der Waals surface area contributed by atoms with Crippen LogP contribution in [0.2, 0.25) is 0 Å². The third kappa shape index (κ3) is 3.80. The van der Waals surface area contributed by atoms with Crippen molar-refractivity contribution in [2.45, 2.75) is 25.3 Å². The van der Waals surface area contributed by atoms with E-state index in [9.17, 15) is 15.2 Å². The summed E-state index contributed by atoms with van der Waals surface area (Å²) in [4.78, 5) is 16.6.